The predicted molar refractivity (Wildman–Crippen MR) is 55.0 cm³/mol. The van der Waals surface area contributed by atoms with E-state index in [1.165, 1.54) is 0 Å². The molecule has 5 N–H and O–H groups in total. The van der Waals surface area contributed by atoms with Crippen molar-refractivity contribution in [2.45, 2.75) is 43.9 Å². The zero-order valence-electron chi connectivity index (χ0n) is 9.48. The molecule has 0 spiro atoms. The van der Waals surface area contributed by atoms with Gasteiger partial charge in [0, 0.05) is 18.8 Å². The van der Waals surface area contributed by atoms with Gasteiger partial charge in [-0.15, -0.1) is 0 Å². The summed E-state index contributed by atoms with van der Waals surface area (Å²) >= 11 is 0. The van der Waals surface area contributed by atoms with Gasteiger partial charge in [0.25, 0.3) is 5.79 Å². The summed E-state index contributed by atoms with van der Waals surface area (Å²) in [7, 11) is 0. The van der Waals surface area contributed by atoms with Crippen molar-refractivity contribution >= 4 is 5.97 Å². The number of hydrogen-bond donors (Lipinski definition) is 5. The number of ether oxygens (including phenoxy) is 1. The first-order valence-electron chi connectivity index (χ1n) is 5.40. The summed E-state index contributed by atoms with van der Waals surface area (Å²) in [5, 5.41) is 46.1. The lowest BCUT2D eigenvalue weighted by Crippen LogP contribution is -2.55. The summed E-state index contributed by atoms with van der Waals surface area (Å²) in [5.74, 6) is -4.45. The summed E-state index contributed by atoms with van der Waals surface area (Å²) in [4.78, 5) is 10.8. The van der Waals surface area contributed by atoms with E-state index in [9.17, 15) is 20.1 Å². The molecule has 5 atom stereocenters. The number of carbonyl (C=O) groups is 1. The van der Waals surface area contributed by atoms with Crippen LogP contribution in [0, 0.1) is 5.92 Å². The first kappa shape index (κ1) is 14.3. The lowest BCUT2D eigenvalue weighted by atomic mass is 9.86. The van der Waals surface area contributed by atoms with E-state index >= 15 is 0 Å². The smallest absolute Gasteiger partial charge is 0.364 e. The second-order valence-electron chi connectivity index (χ2n) is 4.45. The number of hydrogen-bond acceptors (Lipinski definition) is 6. The van der Waals surface area contributed by atoms with Gasteiger partial charge in [0.15, 0.2) is 0 Å². The van der Waals surface area contributed by atoms with E-state index in [1.807, 2.05) is 0 Å². The number of aliphatic hydroxyl groups is 4. The van der Waals surface area contributed by atoms with Crippen molar-refractivity contribution in [2.24, 2.45) is 5.92 Å². The molecule has 1 aliphatic heterocycles. The van der Waals surface area contributed by atoms with E-state index in [1.54, 1.807) is 6.92 Å². The molecule has 7 nitrogen and oxygen atoms in total. The Morgan fingerprint density at radius 1 is 1.59 bits per heavy atom. The molecule has 1 aliphatic rings. The largest absolute Gasteiger partial charge is 0.477 e. The maximum absolute atomic E-state index is 10.8. The molecule has 1 rings (SSSR count). The number of rotatable bonds is 4. The van der Waals surface area contributed by atoms with Crippen LogP contribution in [0.1, 0.15) is 19.8 Å². The van der Waals surface area contributed by atoms with Crippen LogP contribution < -0.4 is 0 Å². The fourth-order valence-corrected chi connectivity index (χ4v) is 1.87. The third-order valence-corrected chi connectivity index (χ3v) is 3.07. The van der Waals surface area contributed by atoms with Crippen molar-refractivity contribution in [3.63, 3.8) is 0 Å². The van der Waals surface area contributed by atoms with Crippen molar-refractivity contribution in [1.82, 2.24) is 0 Å². The molecule has 100 valence electrons. The van der Waals surface area contributed by atoms with Crippen LogP contribution in [-0.2, 0) is 9.53 Å². The fraction of sp³-hybridized carbons (Fsp3) is 0.900. The zero-order chi connectivity index (χ0) is 13.2. The van der Waals surface area contributed by atoms with Gasteiger partial charge in [-0.1, -0.05) is 6.92 Å². The van der Waals surface area contributed by atoms with Gasteiger partial charge < -0.3 is 30.3 Å². The summed E-state index contributed by atoms with van der Waals surface area (Å²) in [6, 6.07) is 0. The zero-order valence-corrected chi connectivity index (χ0v) is 9.48. The highest BCUT2D eigenvalue weighted by molar-refractivity contribution is 5.75. The van der Waals surface area contributed by atoms with E-state index < -0.39 is 49.0 Å². The van der Waals surface area contributed by atoms with Crippen molar-refractivity contribution in [1.29, 1.82) is 0 Å². The second kappa shape index (κ2) is 5.28. The van der Waals surface area contributed by atoms with Gasteiger partial charge in [0.1, 0.15) is 0 Å². The molecule has 0 saturated carbocycles. The highest BCUT2D eigenvalue weighted by Gasteiger charge is 2.49. The van der Waals surface area contributed by atoms with Gasteiger partial charge in [0.2, 0.25) is 0 Å². The Hall–Kier alpha value is -0.730. The average Bonchev–Trinajstić information content (AvgIpc) is 2.25. The minimum atomic E-state index is -2.44. The Bertz CT molecular complexity index is 282. The Labute approximate surface area is 98.3 Å². The van der Waals surface area contributed by atoms with Crippen molar-refractivity contribution in [2.75, 3.05) is 6.61 Å². The average molecular weight is 250 g/mol. The molecule has 0 aromatic heterocycles. The topological polar surface area (TPSA) is 127 Å². The third-order valence-electron chi connectivity index (χ3n) is 3.07. The van der Waals surface area contributed by atoms with Crippen LogP contribution in [0.4, 0.5) is 0 Å². The van der Waals surface area contributed by atoms with Crippen molar-refractivity contribution < 1.29 is 35.1 Å². The van der Waals surface area contributed by atoms with Gasteiger partial charge in [-0.2, -0.15) is 0 Å². The van der Waals surface area contributed by atoms with Crippen LogP contribution in [0.5, 0.6) is 0 Å². The molecule has 17 heavy (non-hydrogen) atoms. The van der Waals surface area contributed by atoms with E-state index in [2.05, 4.69) is 0 Å². The highest BCUT2D eigenvalue weighted by Crippen LogP contribution is 2.33. The summed E-state index contributed by atoms with van der Waals surface area (Å²) in [5.41, 5.74) is 0. The second-order valence-corrected chi connectivity index (χ2v) is 4.45. The monoisotopic (exact) mass is 250 g/mol. The Kier molecular flexibility index (Phi) is 4.45. The van der Waals surface area contributed by atoms with E-state index in [0.717, 1.165) is 0 Å². The van der Waals surface area contributed by atoms with Crippen LogP contribution in [0.15, 0.2) is 0 Å². The minimum Gasteiger partial charge on any atom is -0.477 e. The maximum Gasteiger partial charge on any atom is 0.364 e. The summed E-state index contributed by atoms with van der Waals surface area (Å²) in [6.07, 6.45) is -3.42. The van der Waals surface area contributed by atoms with Gasteiger partial charge in [-0.3, -0.25) is 0 Å². The summed E-state index contributed by atoms with van der Waals surface area (Å²) in [6.45, 7) is 1.13. The van der Waals surface area contributed by atoms with Crippen molar-refractivity contribution in [3.8, 4) is 0 Å². The highest BCUT2D eigenvalue weighted by atomic mass is 16.7. The molecule has 1 fully saturated rings. The van der Waals surface area contributed by atoms with Crippen LogP contribution in [0.25, 0.3) is 0 Å². The Balaban J connectivity index is 2.78. The normalized spacial score (nSPS) is 39.9. The molecule has 0 aromatic rings. The maximum atomic E-state index is 10.8. The molecule has 0 aliphatic carbocycles. The molecule has 0 aromatic carbocycles. The first-order chi connectivity index (χ1) is 7.80. The summed E-state index contributed by atoms with van der Waals surface area (Å²) < 4.78 is 5.02. The lowest BCUT2D eigenvalue weighted by molar-refractivity contribution is -0.286. The third kappa shape index (κ3) is 3.14. The van der Waals surface area contributed by atoms with Crippen LogP contribution in [-0.4, -0.2) is 62.2 Å². The van der Waals surface area contributed by atoms with Crippen molar-refractivity contribution in [3.05, 3.63) is 0 Å². The van der Waals surface area contributed by atoms with Gasteiger partial charge in [-0.05, 0) is 0 Å². The molecule has 7 heteroatoms. The van der Waals surface area contributed by atoms with Gasteiger partial charge in [0.05, 0.1) is 24.9 Å². The van der Waals surface area contributed by atoms with Gasteiger partial charge in [-0.25, -0.2) is 4.79 Å². The predicted octanol–water partition coefficient (Wildman–Crippen LogP) is -1.71. The van der Waals surface area contributed by atoms with Gasteiger partial charge >= 0.3 is 5.97 Å². The van der Waals surface area contributed by atoms with E-state index in [0.29, 0.717) is 0 Å². The fourth-order valence-electron chi connectivity index (χ4n) is 1.87. The van der Waals surface area contributed by atoms with Crippen LogP contribution in [0.3, 0.4) is 0 Å². The molecular formula is C10H18O7. The Morgan fingerprint density at radius 2 is 2.18 bits per heavy atom. The molecule has 0 amide bonds. The quantitative estimate of drug-likeness (QED) is 0.402. The minimum absolute atomic E-state index is 0.0513. The van der Waals surface area contributed by atoms with Crippen LogP contribution >= 0.6 is 0 Å². The Morgan fingerprint density at radius 3 is 2.65 bits per heavy atom. The number of carboxylic acids is 1. The van der Waals surface area contributed by atoms with Crippen LogP contribution in [0.2, 0.25) is 0 Å². The number of carboxylic acid groups (broad SMARTS) is 1. The molecule has 1 heterocycles. The number of aliphatic hydroxyl groups excluding tert-OH is 3. The molecule has 0 radical (unpaired) electrons. The standard InChI is InChI=1S/C10H18O7/c1-5-7(13)3-10(16,9(14)15)17-8(5)2-6(12)4-11/h5-8,11-13,16H,2-4H2,1H3,(H,14,15)/t5?,6-,7?,8?,10?/m0/s1. The molecular weight excluding hydrogens is 232 g/mol. The lowest BCUT2D eigenvalue weighted by Gasteiger charge is -2.41. The van der Waals surface area contributed by atoms with E-state index in [-0.39, 0.29) is 6.42 Å². The first-order valence-corrected chi connectivity index (χ1v) is 5.40. The molecule has 4 unspecified atom stereocenters. The molecule has 0 bridgehead atoms. The number of aliphatic carboxylic acids is 1. The SMILES string of the molecule is CC1C(O)CC(O)(C(=O)O)OC1C[C@H](O)CO. The molecule has 1 saturated heterocycles. The van der Waals surface area contributed by atoms with E-state index in [4.69, 9.17) is 14.9 Å².